The SMILES string of the molecule is COCCNC(=O)[C@@H]1C[C@@H]2CCCC[C@@H]2N1c1ncc(CNC(=O)c2ccc(-c3ccc(N)cc3)cc2)s1. The molecule has 0 bridgehead atoms. The van der Waals surface area contributed by atoms with Crippen molar-refractivity contribution < 1.29 is 14.3 Å². The first kappa shape index (κ1) is 26.2. The van der Waals surface area contributed by atoms with Gasteiger partial charge < -0.3 is 26.0 Å². The number of nitrogen functional groups attached to an aromatic ring is 1. The lowest BCUT2D eigenvalue weighted by Gasteiger charge is -2.33. The highest BCUT2D eigenvalue weighted by molar-refractivity contribution is 7.15. The summed E-state index contributed by atoms with van der Waals surface area (Å²) in [5.74, 6) is 0.432. The van der Waals surface area contributed by atoms with Crippen LogP contribution < -0.4 is 21.3 Å². The summed E-state index contributed by atoms with van der Waals surface area (Å²) in [6.07, 6.45) is 7.34. The summed E-state index contributed by atoms with van der Waals surface area (Å²) >= 11 is 1.56. The zero-order valence-corrected chi connectivity index (χ0v) is 22.5. The van der Waals surface area contributed by atoms with Gasteiger partial charge in [0, 0.05) is 42.0 Å². The molecule has 3 aromatic rings. The van der Waals surface area contributed by atoms with Crippen LogP contribution in [-0.4, -0.2) is 49.1 Å². The smallest absolute Gasteiger partial charge is 0.251 e. The number of rotatable bonds is 9. The summed E-state index contributed by atoms with van der Waals surface area (Å²) < 4.78 is 5.10. The van der Waals surface area contributed by atoms with Crippen LogP contribution >= 0.6 is 11.3 Å². The van der Waals surface area contributed by atoms with Gasteiger partial charge in [-0.1, -0.05) is 37.1 Å². The van der Waals surface area contributed by atoms with Crippen LogP contribution in [0.5, 0.6) is 0 Å². The minimum absolute atomic E-state index is 0.0453. The second-order valence-electron chi connectivity index (χ2n) is 10.0. The number of ether oxygens (including phenoxy) is 1. The highest BCUT2D eigenvalue weighted by atomic mass is 32.1. The number of hydrogen-bond donors (Lipinski definition) is 3. The Kier molecular flexibility index (Phi) is 8.24. The molecule has 2 aromatic carbocycles. The molecule has 1 aliphatic carbocycles. The zero-order valence-electron chi connectivity index (χ0n) is 21.7. The van der Waals surface area contributed by atoms with Crippen LogP contribution in [0, 0.1) is 5.92 Å². The van der Waals surface area contributed by atoms with Crippen LogP contribution in [0.1, 0.15) is 47.3 Å². The van der Waals surface area contributed by atoms with Gasteiger partial charge in [0.05, 0.1) is 13.2 Å². The Morgan fingerprint density at radius 2 is 1.76 bits per heavy atom. The molecule has 38 heavy (non-hydrogen) atoms. The van der Waals surface area contributed by atoms with Crippen LogP contribution in [0.25, 0.3) is 11.1 Å². The van der Waals surface area contributed by atoms with Crippen LogP contribution in [0.4, 0.5) is 10.8 Å². The van der Waals surface area contributed by atoms with Crippen molar-refractivity contribution in [3.8, 4) is 11.1 Å². The molecule has 200 valence electrons. The minimum Gasteiger partial charge on any atom is -0.399 e. The number of nitrogens with zero attached hydrogens (tertiary/aromatic N) is 2. The van der Waals surface area contributed by atoms with Gasteiger partial charge >= 0.3 is 0 Å². The lowest BCUT2D eigenvalue weighted by molar-refractivity contribution is -0.122. The van der Waals surface area contributed by atoms with E-state index in [1.807, 2.05) is 54.7 Å². The summed E-state index contributed by atoms with van der Waals surface area (Å²) in [4.78, 5) is 33.8. The van der Waals surface area contributed by atoms with Crippen molar-refractivity contribution in [1.82, 2.24) is 15.6 Å². The molecule has 1 aromatic heterocycles. The fourth-order valence-corrected chi connectivity index (χ4v) is 6.58. The van der Waals surface area contributed by atoms with Crippen molar-refractivity contribution in [2.45, 2.75) is 50.7 Å². The van der Waals surface area contributed by atoms with Crippen LogP contribution in [0.3, 0.4) is 0 Å². The first-order valence-corrected chi connectivity index (χ1v) is 14.1. The first-order valence-electron chi connectivity index (χ1n) is 13.3. The Labute approximate surface area is 227 Å². The van der Waals surface area contributed by atoms with Gasteiger partial charge in [-0.05, 0) is 60.6 Å². The fourth-order valence-electron chi connectivity index (χ4n) is 5.62. The lowest BCUT2D eigenvalue weighted by atomic mass is 9.85. The van der Waals surface area contributed by atoms with E-state index >= 15 is 0 Å². The Morgan fingerprint density at radius 3 is 2.50 bits per heavy atom. The van der Waals surface area contributed by atoms with Crippen LogP contribution in [-0.2, 0) is 16.1 Å². The van der Waals surface area contributed by atoms with Crippen molar-refractivity contribution in [2.24, 2.45) is 5.92 Å². The number of carbonyl (C=O) groups is 2. The number of amides is 2. The summed E-state index contributed by atoms with van der Waals surface area (Å²) in [6, 6.07) is 15.3. The molecule has 9 heteroatoms. The van der Waals surface area contributed by atoms with Gasteiger partial charge in [-0.3, -0.25) is 9.59 Å². The summed E-state index contributed by atoms with van der Waals surface area (Å²) in [7, 11) is 1.63. The molecule has 5 rings (SSSR count). The number of thiazole rings is 1. The number of hydrogen-bond acceptors (Lipinski definition) is 7. The van der Waals surface area contributed by atoms with Crippen LogP contribution in [0.15, 0.2) is 54.7 Å². The third kappa shape index (κ3) is 5.84. The maximum Gasteiger partial charge on any atom is 0.251 e. The van der Waals surface area contributed by atoms with E-state index in [1.54, 1.807) is 18.4 Å². The maximum atomic E-state index is 13.1. The van der Waals surface area contributed by atoms with Gasteiger partial charge in [0.2, 0.25) is 5.91 Å². The highest BCUT2D eigenvalue weighted by Gasteiger charge is 2.46. The number of nitrogens with two attached hydrogens (primary N) is 1. The standard InChI is InChI=1S/C29H35N5O3S/c1-37-15-14-31-28(36)26-16-22-4-2-3-5-25(22)34(26)29-33-18-24(38-29)17-32-27(35)21-8-6-19(7-9-21)20-10-12-23(30)13-11-20/h6-13,18,22,25-26H,2-5,14-17,30H2,1H3,(H,31,36)(H,32,35)/t22-,25-,26-/m0/s1. The lowest BCUT2D eigenvalue weighted by Crippen LogP contribution is -2.47. The third-order valence-electron chi connectivity index (χ3n) is 7.57. The van der Waals surface area contributed by atoms with E-state index in [0.717, 1.165) is 46.1 Å². The fraction of sp³-hybridized carbons (Fsp3) is 0.414. The van der Waals surface area contributed by atoms with E-state index in [9.17, 15) is 9.59 Å². The van der Waals surface area contributed by atoms with E-state index in [1.165, 1.54) is 12.8 Å². The van der Waals surface area contributed by atoms with Gasteiger partial charge in [-0.2, -0.15) is 0 Å². The number of aromatic nitrogens is 1. The molecule has 2 aliphatic rings. The summed E-state index contributed by atoms with van der Waals surface area (Å²) in [5.41, 5.74) is 9.18. The highest BCUT2D eigenvalue weighted by Crippen LogP contribution is 2.43. The van der Waals surface area contributed by atoms with Gasteiger partial charge in [0.1, 0.15) is 6.04 Å². The molecule has 1 aliphatic heterocycles. The molecule has 0 spiro atoms. The molecule has 2 heterocycles. The molecule has 2 amide bonds. The molecule has 0 radical (unpaired) electrons. The van der Waals surface area contributed by atoms with E-state index in [0.29, 0.717) is 37.2 Å². The monoisotopic (exact) mass is 533 g/mol. The van der Waals surface area contributed by atoms with Crippen molar-refractivity contribution >= 4 is 34.0 Å². The van der Waals surface area contributed by atoms with Crippen LogP contribution in [0.2, 0.25) is 0 Å². The minimum atomic E-state index is -0.215. The molecule has 1 saturated heterocycles. The van der Waals surface area contributed by atoms with Gasteiger partial charge in [0.15, 0.2) is 5.13 Å². The van der Waals surface area contributed by atoms with Crippen molar-refractivity contribution in [2.75, 3.05) is 30.9 Å². The molecule has 1 saturated carbocycles. The molecular weight excluding hydrogens is 498 g/mol. The summed E-state index contributed by atoms with van der Waals surface area (Å²) in [5, 5.41) is 6.90. The number of nitrogens with one attached hydrogen (secondary N) is 2. The average molecular weight is 534 g/mol. The second-order valence-corrected chi connectivity index (χ2v) is 11.1. The van der Waals surface area contributed by atoms with Crippen molar-refractivity contribution in [1.29, 1.82) is 0 Å². The number of fused-ring (bicyclic) bond motifs is 1. The molecule has 8 nitrogen and oxygen atoms in total. The molecule has 3 atom stereocenters. The van der Waals surface area contributed by atoms with E-state index in [2.05, 4.69) is 15.5 Å². The number of carbonyl (C=O) groups excluding carboxylic acids is 2. The Hall–Kier alpha value is -3.43. The van der Waals surface area contributed by atoms with Gasteiger partial charge in [-0.25, -0.2) is 4.98 Å². The third-order valence-corrected chi connectivity index (χ3v) is 8.58. The number of anilines is 2. The average Bonchev–Trinajstić information content (AvgIpc) is 3.57. The van der Waals surface area contributed by atoms with E-state index in [-0.39, 0.29) is 17.9 Å². The molecule has 4 N–H and O–H groups in total. The second kappa shape index (κ2) is 12.0. The van der Waals surface area contributed by atoms with E-state index in [4.69, 9.17) is 15.5 Å². The maximum absolute atomic E-state index is 13.1. The summed E-state index contributed by atoms with van der Waals surface area (Å²) in [6.45, 7) is 1.39. The normalized spacial score (nSPS) is 20.7. The molecule has 2 fully saturated rings. The molecule has 0 unspecified atom stereocenters. The zero-order chi connectivity index (χ0) is 26.5. The van der Waals surface area contributed by atoms with Crippen molar-refractivity contribution in [3.05, 3.63) is 65.2 Å². The predicted molar refractivity (Wildman–Crippen MR) is 151 cm³/mol. The predicted octanol–water partition coefficient (Wildman–Crippen LogP) is 4.22. The first-order chi connectivity index (χ1) is 18.5. The molecular formula is C29H35N5O3S. The van der Waals surface area contributed by atoms with E-state index < -0.39 is 0 Å². The van der Waals surface area contributed by atoms with Gasteiger partial charge in [-0.15, -0.1) is 11.3 Å². The van der Waals surface area contributed by atoms with Crippen molar-refractivity contribution in [3.63, 3.8) is 0 Å². The topological polar surface area (TPSA) is 110 Å². The Balaban J connectivity index is 1.22. The quantitative estimate of drug-likeness (QED) is 0.281. The largest absolute Gasteiger partial charge is 0.399 e. The number of benzene rings is 2. The Morgan fingerprint density at radius 1 is 1.05 bits per heavy atom. The Bertz CT molecular complexity index is 1240. The number of methoxy groups -OCH3 is 1. The van der Waals surface area contributed by atoms with Gasteiger partial charge in [0.25, 0.3) is 5.91 Å².